The van der Waals surface area contributed by atoms with Crippen molar-refractivity contribution in [2.24, 2.45) is 0 Å². The third kappa shape index (κ3) is 2.81. The van der Waals surface area contributed by atoms with Crippen molar-refractivity contribution in [3.63, 3.8) is 0 Å². The first kappa shape index (κ1) is 18.1. The number of ether oxygens (including phenoxy) is 3. The average molecular weight is 379 g/mol. The molecule has 0 saturated carbocycles. The molecular formula is C22H21NO5. The normalized spacial score (nSPS) is 18.8. The van der Waals surface area contributed by atoms with Gasteiger partial charge in [0.05, 0.1) is 25.5 Å². The molecule has 0 spiro atoms. The summed E-state index contributed by atoms with van der Waals surface area (Å²) in [5.41, 5.74) is 3.63. The Labute approximate surface area is 163 Å². The molecule has 1 unspecified atom stereocenters. The summed E-state index contributed by atoms with van der Waals surface area (Å²) >= 11 is 0. The van der Waals surface area contributed by atoms with Gasteiger partial charge in [-0.2, -0.15) is 0 Å². The van der Waals surface area contributed by atoms with Crippen LogP contribution in [-0.4, -0.2) is 32.7 Å². The summed E-state index contributed by atoms with van der Waals surface area (Å²) in [6.45, 7) is 2.05. The van der Waals surface area contributed by atoms with Gasteiger partial charge in [-0.05, 0) is 30.7 Å². The van der Waals surface area contributed by atoms with Crippen LogP contribution in [0.4, 0.5) is 5.69 Å². The van der Waals surface area contributed by atoms with Crippen LogP contribution in [0.5, 0.6) is 11.5 Å². The first-order valence-corrected chi connectivity index (χ1v) is 9.05. The van der Waals surface area contributed by atoms with Crippen LogP contribution in [0.1, 0.15) is 23.5 Å². The second-order valence-electron chi connectivity index (χ2n) is 6.84. The van der Waals surface area contributed by atoms with Gasteiger partial charge in [0.25, 0.3) is 0 Å². The first-order chi connectivity index (χ1) is 13.5. The summed E-state index contributed by atoms with van der Waals surface area (Å²) in [6, 6.07) is 13.1. The molecule has 1 amide bonds. The van der Waals surface area contributed by atoms with Crippen molar-refractivity contribution >= 4 is 17.6 Å². The third-order valence-corrected chi connectivity index (χ3v) is 5.19. The van der Waals surface area contributed by atoms with Crippen molar-refractivity contribution < 1.29 is 23.8 Å². The summed E-state index contributed by atoms with van der Waals surface area (Å²) < 4.78 is 16.3. The van der Waals surface area contributed by atoms with Crippen molar-refractivity contribution in [1.29, 1.82) is 0 Å². The van der Waals surface area contributed by atoms with Crippen LogP contribution in [0.2, 0.25) is 0 Å². The van der Waals surface area contributed by atoms with Gasteiger partial charge >= 0.3 is 5.97 Å². The van der Waals surface area contributed by atoms with Crippen molar-refractivity contribution in [1.82, 2.24) is 0 Å². The minimum absolute atomic E-state index is 0.0800. The van der Waals surface area contributed by atoms with E-state index in [2.05, 4.69) is 0 Å². The fraction of sp³-hybridized carbons (Fsp3) is 0.273. The number of carbonyl (C=O) groups excluding carboxylic acids is 2. The standard InChI is InChI=1S/C22H21NO5/c1-13-6-4-7-14(10-13)23-17-12-28-22(25)20(17)16(11-19(23)24)15-8-5-9-18(26-2)21(15)27-3/h4-10,16H,11-12H2,1-3H3. The Morgan fingerprint density at radius 2 is 1.86 bits per heavy atom. The fourth-order valence-corrected chi connectivity index (χ4v) is 3.97. The number of methoxy groups -OCH3 is 2. The maximum Gasteiger partial charge on any atom is 0.336 e. The van der Waals surface area contributed by atoms with E-state index < -0.39 is 11.9 Å². The molecule has 0 aliphatic carbocycles. The zero-order valence-electron chi connectivity index (χ0n) is 16.0. The number of para-hydroxylation sites is 1. The molecule has 0 aromatic heterocycles. The minimum atomic E-state index is -0.441. The van der Waals surface area contributed by atoms with Crippen LogP contribution in [0.3, 0.4) is 0 Å². The average Bonchev–Trinajstić information content (AvgIpc) is 3.08. The van der Waals surface area contributed by atoms with Gasteiger partial charge in [0.2, 0.25) is 5.91 Å². The van der Waals surface area contributed by atoms with Gasteiger partial charge in [0.15, 0.2) is 11.5 Å². The number of benzene rings is 2. The van der Waals surface area contributed by atoms with Gasteiger partial charge in [-0.3, -0.25) is 9.69 Å². The van der Waals surface area contributed by atoms with E-state index in [9.17, 15) is 9.59 Å². The Balaban J connectivity index is 1.87. The van der Waals surface area contributed by atoms with E-state index in [0.29, 0.717) is 22.8 Å². The molecule has 0 radical (unpaired) electrons. The first-order valence-electron chi connectivity index (χ1n) is 9.05. The molecule has 28 heavy (non-hydrogen) atoms. The maximum absolute atomic E-state index is 13.1. The molecule has 2 aliphatic rings. The number of hydrogen-bond acceptors (Lipinski definition) is 5. The lowest BCUT2D eigenvalue weighted by Crippen LogP contribution is -2.37. The van der Waals surface area contributed by atoms with Crippen molar-refractivity contribution in [3.05, 3.63) is 64.9 Å². The van der Waals surface area contributed by atoms with E-state index in [1.165, 1.54) is 0 Å². The highest BCUT2D eigenvalue weighted by Crippen LogP contribution is 2.46. The van der Waals surface area contributed by atoms with E-state index in [4.69, 9.17) is 14.2 Å². The molecule has 1 atom stereocenters. The highest BCUT2D eigenvalue weighted by atomic mass is 16.5. The number of esters is 1. The van der Waals surface area contributed by atoms with Crippen LogP contribution in [0.15, 0.2) is 53.7 Å². The predicted octanol–water partition coefficient (Wildman–Crippen LogP) is 3.34. The zero-order chi connectivity index (χ0) is 19.8. The van der Waals surface area contributed by atoms with Crippen molar-refractivity contribution in [3.8, 4) is 11.5 Å². The van der Waals surface area contributed by atoms with Crippen LogP contribution in [0.25, 0.3) is 0 Å². The number of amides is 1. The van der Waals surface area contributed by atoms with Crippen molar-refractivity contribution in [2.75, 3.05) is 25.7 Å². The number of carbonyl (C=O) groups is 2. The minimum Gasteiger partial charge on any atom is -0.493 e. The van der Waals surface area contributed by atoms with Crippen molar-refractivity contribution in [2.45, 2.75) is 19.3 Å². The lowest BCUT2D eigenvalue weighted by atomic mass is 9.83. The van der Waals surface area contributed by atoms with E-state index in [1.807, 2.05) is 43.3 Å². The van der Waals surface area contributed by atoms with Crippen LogP contribution in [-0.2, 0) is 14.3 Å². The fourth-order valence-electron chi connectivity index (χ4n) is 3.97. The SMILES string of the molecule is COc1cccc(C2CC(=O)N(c3cccc(C)c3)C3=C2C(=O)OC3)c1OC. The second-order valence-corrected chi connectivity index (χ2v) is 6.84. The molecule has 6 nitrogen and oxygen atoms in total. The van der Waals surface area contributed by atoms with Gasteiger partial charge < -0.3 is 14.2 Å². The molecule has 0 saturated heterocycles. The largest absolute Gasteiger partial charge is 0.493 e. The number of hydrogen-bond donors (Lipinski definition) is 0. The topological polar surface area (TPSA) is 65.1 Å². The molecule has 0 N–H and O–H groups in total. The molecule has 2 aromatic carbocycles. The zero-order valence-corrected chi connectivity index (χ0v) is 16.0. The molecule has 4 rings (SSSR count). The highest BCUT2D eigenvalue weighted by Gasteiger charge is 2.44. The predicted molar refractivity (Wildman–Crippen MR) is 104 cm³/mol. The third-order valence-electron chi connectivity index (χ3n) is 5.19. The van der Waals surface area contributed by atoms with Crippen LogP contribution >= 0.6 is 0 Å². The highest BCUT2D eigenvalue weighted by molar-refractivity contribution is 6.06. The summed E-state index contributed by atoms with van der Waals surface area (Å²) in [4.78, 5) is 27.4. The molecule has 2 heterocycles. The van der Waals surface area contributed by atoms with E-state index in [-0.39, 0.29) is 18.9 Å². The van der Waals surface area contributed by atoms with Gasteiger partial charge in [-0.1, -0.05) is 24.3 Å². The van der Waals surface area contributed by atoms with Gasteiger partial charge in [-0.25, -0.2) is 4.79 Å². The molecule has 0 bridgehead atoms. The summed E-state index contributed by atoms with van der Waals surface area (Å²) in [5.74, 6) is 0.164. The van der Waals surface area contributed by atoms with E-state index >= 15 is 0 Å². The van der Waals surface area contributed by atoms with Gasteiger partial charge in [0.1, 0.15) is 6.61 Å². The monoisotopic (exact) mass is 379 g/mol. The smallest absolute Gasteiger partial charge is 0.336 e. The Hall–Kier alpha value is -3.28. The molecule has 6 heteroatoms. The Kier molecular flexibility index (Phi) is 4.55. The maximum atomic E-state index is 13.1. The summed E-state index contributed by atoms with van der Waals surface area (Å²) in [5, 5.41) is 0. The lowest BCUT2D eigenvalue weighted by Gasteiger charge is -2.32. The van der Waals surface area contributed by atoms with Gasteiger partial charge in [-0.15, -0.1) is 0 Å². The molecule has 2 aromatic rings. The van der Waals surface area contributed by atoms with Gasteiger partial charge in [0, 0.05) is 23.6 Å². The summed E-state index contributed by atoms with van der Waals surface area (Å²) in [6.07, 6.45) is 0.144. The number of anilines is 1. The number of nitrogens with zero attached hydrogens (tertiary/aromatic N) is 1. The van der Waals surface area contributed by atoms with E-state index in [1.54, 1.807) is 25.2 Å². The quantitative estimate of drug-likeness (QED) is 0.763. The molecule has 2 aliphatic heterocycles. The molecule has 144 valence electrons. The lowest BCUT2D eigenvalue weighted by molar-refractivity contribution is -0.136. The van der Waals surface area contributed by atoms with E-state index in [0.717, 1.165) is 16.8 Å². The number of cyclic esters (lactones) is 1. The molecule has 0 fully saturated rings. The summed E-state index contributed by atoms with van der Waals surface area (Å²) in [7, 11) is 3.11. The van der Waals surface area contributed by atoms with Crippen LogP contribution < -0.4 is 14.4 Å². The Morgan fingerprint density at radius 3 is 2.57 bits per heavy atom. The van der Waals surface area contributed by atoms with Crippen LogP contribution in [0, 0.1) is 6.92 Å². The number of aryl methyl sites for hydroxylation is 1. The second kappa shape index (κ2) is 7.03. The Bertz CT molecular complexity index is 994. The number of rotatable bonds is 4. The Morgan fingerprint density at radius 1 is 1.07 bits per heavy atom. The molecular weight excluding hydrogens is 358 g/mol.